The lowest BCUT2D eigenvalue weighted by molar-refractivity contribution is 0.549. The molecule has 0 aliphatic heterocycles. The quantitative estimate of drug-likeness (QED) is 0.857. The van der Waals surface area contributed by atoms with E-state index in [1.165, 1.54) is 4.70 Å². The van der Waals surface area contributed by atoms with Gasteiger partial charge in [0.1, 0.15) is 0 Å². The fourth-order valence-corrected chi connectivity index (χ4v) is 3.39. The predicted octanol–water partition coefficient (Wildman–Crippen LogP) is 2.89. The molecule has 0 fully saturated rings. The Morgan fingerprint density at radius 2 is 2.33 bits per heavy atom. The van der Waals surface area contributed by atoms with E-state index >= 15 is 0 Å². The molecule has 2 aromatic rings. The molecular formula is C9H8BrNO2S2. The molecule has 1 atom stereocenters. The van der Waals surface area contributed by atoms with Gasteiger partial charge in [-0.3, -0.25) is 4.55 Å². The summed E-state index contributed by atoms with van der Waals surface area (Å²) in [6.07, 6.45) is 0. The van der Waals surface area contributed by atoms with E-state index in [4.69, 9.17) is 4.55 Å². The van der Waals surface area contributed by atoms with Gasteiger partial charge in [0.05, 0.1) is 0 Å². The summed E-state index contributed by atoms with van der Waals surface area (Å²) in [4.78, 5) is 0. The van der Waals surface area contributed by atoms with Gasteiger partial charge in [-0.2, -0.15) is 0 Å². The summed E-state index contributed by atoms with van der Waals surface area (Å²) in [5.41, 5.74) is 1.03. The molecule has 1 heterocycles. The minimum absolute atomic E-state index is 0.395. The van der Waals surface area contributed by atoms with Gasteiger partial charge in [-0.25, -0.2) is 8.93 Å². The van der Waals surface area contributed by atoms with Crippen LogP contribution in [-0.4, -0.2) is 8.76 Å². The van der Waals surface area contributed by atoms with E-state index in [1.807, 2.05) is 23.6 Å². The summed E-state index contributed by atoms with van der Waals surface area (Å²) >= 11 is 3.14. The second-order valence-electron chi connectivity index (χ2n) is 2.94. The van der Waals surface area contributed by atoms with Crippen molar-refractivity contribution in [2.75, 3.05) is 0 Å². The van der Waals surface area contributed by atoms with Crippen LogP contribution < -0.4 is 4.72 Å². The lowest BCUT2D eigenvalue weighted by Crippen LogP contribution is -2.14. The third kappa shape index (κ3) is 2.46. The van der Waals surface area contributed by atoms with Crippen molar-refractivity contribution in [1.82, 2.24) is 4.72 Å². The number of hydrogen-bond donors (Lipinski definition) is 2. The Morgan fingerprint density at radius 1 is 1.53 bits per heavy atom. The number of halogens is 1. The topological polar surface area (TPSA) is 49.3 Å². The summed E-state index contributed by atoms with van der Waals surface area (Å²) in [6, 6.07) is 5.98. The summed E-state index contributed by atoms with van der Waals surface area (Å²) in [5.74, 6) is 0. The van der Waals surface area contributed by atoms with Crippen molar-refractivity contribution in [2.24, 2.45) is 0 Å². The van der Waals surface area contributed by atoms with Gasteiger partial charge in [-0.1, -0.05) is 22.0 Å². The van der Waals surface area contributed by atoms with Crippen molar-refractivity contribution >= 4 is 48.6 Å². The summed E-state index contributed by atoms with van der Waals surface area (Å²) in [6.45, 7) is 0.395. The zero-order valence-corrected chi connectivity index (χ0v) is 10.8. The van der Waals surface area contributed by atoms with Crippen LogP contribution in [0.4, 0.5) is 0 Å². The van der Waals surface area contributed by atoms with Gasteiger partial charge in [0.25, 0.3) is 0 Å². The largest absolute Gasteiger partial charge is 0.294 e. The first-order chi connectivity index (χ1) is 7.18. The van der Waals surface area contributed by atoms with E-state index in [-0.39, 0.29) is 0 Å². The fourth-order valence-electron chi connectivity index (χ4n) is 1.38. The van der Waals surface area contributed by atoms with Crippen molar-refractivity contribution in [3.05, 3.63) is 33.6 Å². The molecule has 6 heteroatoms. The first kappa shape index (κ1) is 11.2. The molecule has 1 unspecified atom stereocenters. The van der Waals surface area contributed by atoms with Crippen LogP contribution >= 0.6 is 27.3 Å². The summed E-state index contributed by atoms with van der Waals surface area (Å²) < 4.78 is 23.8. The predicted molar refractivity (Wildman–Crippen MR) is 67.1 cm³/mol. The zero-order valence-electron chi connectivity index (χ0n) is 7.57. The van der Waals surface area contributed by atoms with Crippen molar-refractivity contribution in [2.45, 2.75) is 6.54 Å². The van der Waals surface area contributed by atoms with Crippen LogP contribution in [0.25, 0.3) is 10.1 Å². The van der Waals surface area contributed by atoms with Crippen molar-refractivity contribution in [3.8, 4) is 0 Å². The number of thiophene rings is 1. The van der Waals surface area contributed by atoms with E-state index in [9.17, 15) is 4.21 Å². The molecule has 0 radical (unpaired) electrons. The molecule has 80 valence electrons. The zero-order chi connectivity index (χ0) is 10.8. The number of benzene rings is 1. The SMILES string of the molecule is O=S(O)NCc1csc2cccc(Br)c12. The van der Waals surface area contributed by atoms with Crippen LogP contribution in [0.15, 0.2) is 28.1 Å². The third-order valence-corrected chi connectivity index (χ3v) is 4.06. The molecule has 15 heavy (non-hydrogen) atoms. The molecule has 2 N–H and O–H groups in total. The van der Waals surface area contributed by atoms with E-state index in [0.29, 0.717) is 6.54 Å². The van der Waals surface area contributed by atoms with Crippen LogP contribution in [0, 0.1) is 0 Å². The van der Waals surface area contributed by atoms with Crippen LogP contribution in [0.3, 0.4) is 0 Å². The van der Waals surface area contributed by atoms with Crippen molar-refractivity contribution in [1.29, 1.82) is 0 Å². The second kappa shape index (κ2) is 4.71. The normalized spacial score (nSPS) is 13.2. The molecule has 0 saturated heterocycles. The van der Waals surface area contributed by atoms with E-state index < -0.39 is 11.3 Å². The van der Waals surface area contributed by atoms with Crippen molar-refractivity contribution in [3.63, 3.8) is 0 Å². The fraction of sp³-hybridized carbons (Fsp3) is 0.111. The van der Waals surface area contributed by atoms with Crippen LogP contribution in [0.1, 0.15) is 5.56 Å². The molecule has 3 nitrogen and oxygen atoms in total. The molecule has 0 saturated carbocycles. The van der Waals surface area contributed by atoms with Gasteiger partial charge in [0.2, 0.25) is 11.3 Å². The maximum absolute atomic E-state index is 10.5. The van der Waals surface area contributed by atoms with Gasteiger partial charge in [0, 0.05) is 21.1 Å². The Kier molecular flexibility index (Phi) is 3.53. The molecule has 0 bridgehead atoms. The van der Waals surface area contributed by atoms with Gasteiger partial charge in [0.15, 0.2) is 0 Å². The lowest BCUT2D eigenvalue weighted by Gasteiger charge is -2.00. The second-order valence-corrected chi connectivity index (χ2v) is 5.50. The highest BCUT2D eigenvalue weighted by molar-refractivity contribution is 9.10. The standard InChI is InChI=1S/C9H8BrNO2S2/c10-7-2-1-3-8-9(7)6(5-14-8)4-11-15(12)13/h1-3,5,11H,4H2,(H,12,13). The summed E-state index contributed by atoms with van der Waals surface area (Å²) in [5, 5.41) is 3.11. The average Bonchev–Trinajstić information content (AvgIpc) is 2.59. The molecular weight excluding hydrogens is 298 g/mol. The lowest BCUT2D eigenvalue weighted by atomic mass is 10.2. The van der Waals surface area contributed by atoms with Gasteiger partial charge in [-0.15, -0.1) is 11.3 Å². The molecule has 0 aliphatic carbocycles. The van der Waals surface area contributed by atoms with Gasteiger partial charge in [-0.05, 0) is 23.1 Å². The minimum Gasteiger partial charge on any atom is -0.294 e. The highest BCUT2D eigenvalue weighted by atomic mass is 79.9. The number of fused-ring (bicyclic) bond motifs is 1. The van der Waals surface area contributed by atoms with E-state index in [2.05, 4.69) is 20.7 Å². The monoisotopic (exact) mass is 305 g/mol. The van der Waals surface area contributed by atoms with Crippen LogP contribution in [-0.2, 0) is 17.8 Å². The van der Waals surface area contributed by atoms with E-state index in [0.717, 1.165) is 15.4 Å². The smallest absolute Gasteiger partial charge is 0.232 e. The van der Waals surface area contributed by atoms with Crippen LogP contribution in [0.2, 0.25) is 0 Å². The Bertz CT molecular complexity index is 512. The highest BCUT2D eigenvalue weighted by Gasteiger charge is 2.07. The maximum Gasteiger partial charge on any atom is 0.232 e. The van der Waals surface area contributed by atoms with E-state index in [1.54, 1.807) is 11.3 Å². The molecule has 1 aromatic carbocycles. The Balaban J connectivity index is 2.39. The average molecular weight is 306 g/mol. The molecule has 2 rings (SSSR count). The number of rotatable bonds is 3. The minimum atomic E-state index is -1.96. The molecule has 0 aliphatic rings. The third-order valence-electron chi connectivity index (χ3n) is 2.01. The molecule has 0 spiro atoms. The molecule has 1 aromatic heterocycles. The number of hydrogen-bond acceptors (Lipinski definition) is 2. The highest BCUT2D eigenvalue weighted by Crippen LogP contribution is 2.32. The first-order valence-corrected chi connectivity index (χ1v) is 6.95. The van der Waals surface area contributed by atoms with Gasteiger partial charge < -0.3 is 0 Å². The summed E-state index contributed by atoms with van der Waals surface area (Å²) in [7, 11) is 0. The Morgan fingerprint density at radius 3 is 3.07 bits per heavy atom. The maximum atomic E-state index is 10.5. The Labute approximate surface area is 102 Å². The van der Waals surface area contributed by atoms with Crippen LogP contribution in [0.5, 0.6) is 0 Å². The Hall–Kier alpha value is -0.270. The molecule has 0 amide bonds. The van der Waals surface area contributed by atoms with Gasteiger partial charge >= 0.3 is 0 Å². The van der Waals surface area contributed by atoms with Crippen molar-refractivity contribution < 1.29 is 8.76 Å². The number of nitrogens with one attached hydrogen (secondary N) is 1. The first-order valence-electron chi connectivity index (χ1n) is 4.17.